The van der Waals surface area contributed by atoms with E-state index in [4.69, 9.17) is 0 Å². The van der Waals surface area contributed by atoms with E-state index in [0.717, 1.165) is 37.3 Å². The molecule has 122 valence electrons. The molecule has 1 amide bonds. The molecule has 2 aromatic rings. The molecule has 3 rings (SSSR count). The van der Waals surface area contributed by atoms with Crippen molar-refractivity contribution in [2.24, 2.45) is 5.92 Å². The fourth-order valence-electron chi connectivity index (χ4n) is 3.39. The highest BCUT2D eigenvalue weighted by Crippen LogP contribution is 2.25. The van der Waals surface area contributed by atoms with E-state index in [1.807, 2.05) is 4.90 Å². The van der Waals surface area contributed by atoms with Crippen LogP contribution >= 0.6 is 0 Å². The van der Waals surface area contributed by atoms with Crippen molar-refractivity contribution in [1.29, 1.82) is 0 Å². The second-order valence-corrected chi connectivity index (χ2v) is 6.76. The van der Waals surface area contributed by atoms with E-state index in [1.165, 1.54) is 17.5 Å². The average molecular weight is 310 g/mol. The van der Waals surface area contributed by atoms with Crippen molar-refractivity contribution in [3.8, 4) is 11.1 Å². The van der Waals surface area contributed by atoms with Gasteiger partial charge in [-0.1, -0.05) is 36.8 Å². The predicted molar refractivity (Wildman–Crippen MR) is 94.6 cm³/mol. The summed E-state index contributed by atoms with van der Waals surface area (Å²) in [4.78, 5) is 15.0. The van der Waals surface area contributed by atoms with E-state index >= 15 is 0 Å². The van der Waals surface area contributed by atoms with Gasteiger partial charge in [0.1, 0.15) is 5.69 Å². The van der Waals surface area contributed by atoms with Crippen LogP contribution in [0.5, 0.6) is 0 Å². The molecule has 1 unspecified atom stereocenters. The minimum absolute atomic E-state index is 0.178. The Morgan fingerprint density at radius 1 is 1.22 bits per heavy atom. The number of hydrogen-bond donors (Lipinski definition) is 0. The molecule has 0 aliphatic carbocycles. The van der Waals surface area contributed by atoms with Crippen molar-refractivity contribution < 1.29 is 4.79 Å². The van der Waals surface area contributed by atoms with Crippen LogP contribution in [-0.2, 0) is 6.54 Å². The summed E-state index contributed by atoms with van der Waals surface area (Å²) in [6.07, 6.45) is 4.45. The van der Waals surface area contributed by atoms with Crippen molar-refractivity contribution >= 4 is 5.91 Å². The highest BCUT2D eigenvalue weighted by molar-refractivity contribution is 5.94. The standard InChI is InChI=1S/C20H26N2O/c1-4-21-14-18(17-9-7-15(2)8-10-17)12-19(21)20(23)22-11-5-6-16(3)13-22/h7-10,12,14,16H,4-6,11,13H2,1-3H3. The lowest BCUT2D eigenvalue weighted by Gasteiger charge is -2.31. The third-order valence-corrected chi connectivity index (χ3v) is 4.79. The topological polar surface area (TPSA) is 25.2 Å². The first-order valence-electron chi connectivity index (χ1n) is 8.65. The van der Waals surface area contributed by atoms with E-state index in [2.05, 4.69) is 61.9 Å². The van der Waals surface area contributed by atoms with Gasteiger partial charge < -0.3 is 9.47 Å². The highest BCUT2D eigenvalue weighted by atomic mass is 16.2. The quantitative estimate of drug-likeness (QED) is 0.827. The third-order valence-electron chi connectivity index (χ3n) is 4.79. The maximum Gasteiger partial charge on any atom is 0.270 e. The van der Waals surface area contributed by atoms with Crippen molar-refractivity contribution in [2.45, 2.75) is 40.2 Å². The molecule has 23 heavy (non-hydrogen) atoms. The van der Waals surface area contributed by atoms with Crippen LogP contribution in [0, 0.1) is 12.8 Å². The maximum atomic E-state index is 12.9. The van der Waals surface area contributed by atoms with Crippen molar-refractivity contribution in [1.82, 2.24) is 9.47 Å². The SMILES string of the molecule is CCn1cc(-c2ccc(C)cc2)cc1C(=O)N1CCCC(C)C1. The molecule has 1 aromatic heterocycles. The van der Waals surface area contributed by atoms with E-state index in [-0.39, 0.29) is 5.91 Å². The van der Waals surface area contributed by atoms with Crippen LogP contribution in [0.1, 0.15) is 42.7 Å². The zero-order valence-corrected chi connectivity index (χ0v) is 14.4. The zero-order chi connectivity index (χ0) is 16.4. The molecule has 1 fully saturated rings. The van der Waals surface area contributed by atoms with Crippen LogP contribution in [0.15, 0.2) is 36.5 Å². The number of piperidine rings is 1. The van der Waals surface area contributed by atoms with E-state index < -0.39 is 0 Å². The van der Waals surface area contributed by atoms with Crippen LogP contribution in [0.25, 0.3) is 11.1 Å². The first-order chi connectivity index (χ1) is 11.1. The molecule has 1 aliphatic heterocycles. The molecule has 2 heterocycles. The highest BCUT2D eigenvalue weighted by Gasteiger charge is 2.24. The lowest BCUT2D eigenvalue weighted by atomic mass is 10.00. The third kappa shape index (κ3) is 3.34. The molecular formula is C20H26N2O. The van der Waals surface area contributed by atoms with Crippen molar-refractivity contribution in [3.63, 3.8) is 0 Å². The minimum Gasteiger partial charge on any atom is -0.343 e. The second kappa shape index (κ2) is 6.61. The van der Waals surface area contributed by atoms with E-state index in [0.29, 0.717) is 5.92 Å². The van der Waals surface area contributed by atoms with Crippen LogP contribution in [0.3, 0.4) is 0 Å². The molecule has 3 nitrogen and oxygen atoms in total. The number of amides is 1. The average Bonchev–Trinajstić information content (AvgIpc) is 2.99. The Kier molecular flexibility index (Phi) is 4.56. The Labute approximate surface area is 138 Å². The van der Waals surface area contributed by atoms with Crippen molar-refractivity contribution in [2.75, 3.05) is 13.1 Å². The van der Waals surface area contributed by atoms with Gasteiger partial charge in [-0.2, -0.15) is 0 Å². The first-order valence-corrected chi connectivity index (χ1v) is 8.65. The van der Waals surface area contributed by atoms with Crippen LogP contribution in [0.4, 0.5) is 0 Å². The van der Waals surface area contributed by atoms with Crippen LogP contribution in [-0.4, -0.2) is 28.5 Å². The van der Waals surface area contributed by atoms with Gasteiger partial charge in [0.05, 0.1) is 0 Å². The summed E-state index contributed by atoms with van der Waals surface area (Å²) < 4.78 is 2.08. The molecule has 0 N–H and O–H groups in total. The van der Waals surface area contributed by atoms with Crippen LogP contribution in [0.2, 0.25) is 0 Å². The summed E-state index contributed by atoms with van der Waals surface area (Å²) in [5.41, 5.74) is 4.36. The normalized spacial score (nSPS) is 18.2. The van der Waals surface area contributed by atoms with Gasteiger partial charge in [0, 0.05) is 31.4 Å². The Morgan fingerprint density at radius 3 is 2.61 bits per heavy atom. The molecule has 0 spiro atoms. The summed E-state index contributed by atoms with van der Waals surface area (Å²) >= 11 is 0. The van der Waals surface area contributed by atoms with Gasteiger partial charge in [-0.3, -0.25) is 4.79 Å². The van der Waals surface area contributed by atoms with Crippen LogP contribution < -0.4 is 0 Å². The number of likely N-dealkylation sites (tertiary alicyclic amines) is 1. The molecular weight excluding hydrogens is 284 g/mol. The number of aromatic nitrogens is 1. The number of carbonyl (C=O) groups excluding carboxylic acids is 1. The van der Waals surface area contributed by atoms with Crippen molar-refractivity contribution in [3.05, 3.63) is 47.8 Å². The summed E-state index contributed by atoms with van der Waals surface area (Å²) in [6.45, 7) is 9.00. The number of aryl methyl sites for hydroxylation is 2. The lowest BCUT2D eigenvalue weighted by molar-refractivity contribution is 0.0672. The Morgan fingerprint density at radius 2 is 1.96 bits per heavy atom. The molecule has 1 saturated heterocycles. The minimum atomic E-state index is 0.178. The van der Waals surface area contributed by atoms with Gasteiger partial charge in [0.2, 0.25) is 0 Å². The largest absolute Gasteiger partial charge is 0.343 e. The van der Waals surface area contributed by atoms with E-state index in [1.54, 1.807) is 0 Å². The van der Waals surface area contributed by atoms with Gasteiger partial charge in [0.25, 0.3) is 5.91 Å². The first kappa shape index (κ1) is 15.9. The summed E-state index contributed by atoms with van der Waals surface area (Å²) in [5.74, 6) is 0.783. The fraction of sp³-hybridized carbons (Fsp3) is 0.450. The van der Waals surface area contributed by atoms with Gasteiger partial charge >= 0.3 is 0 Å². The summed E-state index contributed by atoms with van der Waals surface area (Å²) in [6, 6.07) is 10.5. The van der Waals surface area contributed by atoms with Gasteiger partial charge in [-0.25, -0.2) is 0 Å². The summed E-state index contributed by atoms with van der Waals surface area (Å²) in [5, 5.41) is 0. The Balaban J connectivity index is 1.89. The van der Waals surface area contributed by atoms with Gasteiger partial charge in [0.15, 0.2) is 0 Å². The molecule has 0 saturated carbocycles. The molecule has 1 atom stereocenters. The number of rotatable bonds is 3. The predicted octanol–water partition coefficient (Wildman–Crippen LogP) is 4.36. The number of hydrogen-bond acceptors (Lipinski definition) is 1. The maximum absolute atomic E-state index is 12.9. The Bertz CT molecular complexity index is 684. The second-order valence-electron chi connectivity index (χ2n) is 6.76. The number of carbonyl (C=O) groups is 1. The summed E-state index contributed by atoms with van der Waals surface area (Å²) in [7, 11) is 0. The smallest absolute Gasteiger partial charge is 0.270 e. The molecule has 1 aliphatic rings. The molecule has 1 aromatic carbocycles. The lowest BCUT2D eigenvalue weighted by Crippen LogP contribution is -2.39. The zero-order valence-electron chi connectivity index (χ0n) is 14.4. The number of nitrogens with zero attached hydrogens (tertiary/aromatic N) is 2. The molecule has 0 radical (unpaired) electrons. The molecule has 0 bridgehead atoms. The fourth-order valence-corrected chi connectivity index (χ4v) is 3.39. The Hall–Kier alpha value is -2.03. The van der Waals surface area contributed by atoms with Gasteiger partial charge in [-0.15, -0.1) is 0 Å². The monoisotopic (exact) mass is 310 g/mol. The number of benzene rings is 1. The van der Waals surface area contributed by atoms with Gasteiger partial charge in [-0.05, 0) is 44.2 Å². The molecule has 3 heteroatoms. The van der Waals surface area contributed by atoms with E-state index in [9.17, 15) is 4.79 Å².